The van der Waals surface area contributed by atoms with Crippen molar-refractivity contribution in [3.8, 4) is 0 Å². The second-order valence-electron chi connectivity index (χ2n) is 7.60. The number of nitrogens with zero attached hydrogens (tertiary/aromatic N) is 1. The van der Waals surface area contributed by atoms with E-state index in [1.54, 1.807) is 0 Å². The third-order valence-electron chi connectivity index (χ3n) is 5.82. The zero-order valence-electron chi connectivity index (χ0n) is 14.5. The Kier molecular flexibility index (Phi) is 5.09. The van der Waals surface area contributed by atoms with Crippen molar-refractivity contribution < 1.29 is 18.0 Å². The lowest BCUT2D eigenvalue weighted by molar-refractivity contribution is -0.137. The van der Waals surface area contributed by atoms with E-state index in [0.717, 1.165) is 25.2 Å². The van der Waals surface area contributed by atoms with Crippen LogP contribution in [0.3, 0.4) is 0 Å². The number of carbonyl (C=O) groups is 1. The largest absolute Gasteiger partial charge is 0.416 e. The summed E-state index contributed by atoms with van der Waals surface area (Å²) in [6, 6.07) is 4.41. The molecule has 2 aliphatic rings. The first-order valence-electron chi connectivity index (χ1n) is 8.94. The monoisotopic (exact) mass is 354 g/mol. The predicted octanol–water partition coefficient (Wildman–Crippen LogP) is 3.95. The fourth-order valence-corrected chi connectivity index (χ4v) is 4.53. The van der Waals surface area contributed by atoms with Crippen LogP contribution in [0.15, 0.2) is 24.3 Å². The Morgan fingerprint density at radius 1 is 1.20 bits per heavy atom. The summed E-state index contributed by atoms with van der Waals surface area (Å²) in [5.41, 5.74) is -0.167. The maximum absolute atomic E-state index is 12.6. The lowest BCUT2D eigenvalue weighted by atomic mass is 9.67. The van der Waals surface area contributed by atoms with Gasteiger partial charge in [-0.05, 0) is 55.5 Å². The SMILES string of the molecule is CN1CC(CNC(=O)c2ccc(C(F)(F)F)cc2)C2(CCCCC2)C1. The van der Waals surface area contributed by atoms with Gasteiger partial charge in [0.1, 0.15) is 0 Å². The highest BCUT2D eigenvalue weighted by molar-refractivity contribution is 5.94. The standard InChI is InChI=1S/C19H25F3N2O/c1-24-12-16(18(13-24)9-3-2-4-10-18)11-23-17(25)14-5-7-15(8-6-14)19(20,21)22/h5-8,16H,2-4,9-13H2,1H3,(H,23,25). The van der Waals surface area contributed by atoms with E-state index in [9.17, 15) is 18.0 Å². The molecule has 1 saturated carbocycles. The Balaban J connectivity index is 1.61. The number of hydrogen-bond acceptors (Lipinski definition) is 2. The Morgan fingerprint density at radius 2 is 1.84 bits per heavy atom. The average molecular weight is 354 g/mol. The van der Waals surface area contributed by atoms with Gasteiger partial charge < -0.3 is 10.2 Å². The fourth-order valence-electron chi connectivity index (χ4n) is 4.53. The van der Waals surface area contributed by atoms with Gasteiger partial charge >= 0.3 is 6.18 Å². The number of hydrogen-bond donors (Lipinski definition) is 1. The molecule has 1 N–H and O–H groups in total. The molecule has 0 aromatic heterocycles. The predicted molar refractivity (Wildman–Crippen MR) is 90.3 cm³/mol. The second kappa shape index (κ2) is 6.98. The van der Waals surface area contributed by atoms with Gasteiger partial charge in [-0.25, -0.2) is 0 Å². The number of halogens is 3. The van der Waals surface area contributed by atoms with Crippen LogP contribution in [0.2, 0.25) is 0 Å². The Bertz CT molecular complexity index is 606. The minimum Gasteiger partial charge on any atom is -0.352 e. The number of carbonyl (C=O) groups excluding carboxylic acids is 1. The van der Waals surface area contributed by atoms with Crippen LogP contribution >= 0.6 is 0 Å². The maximum Gasteiger partial charge on any atom is 0.416 e. The van der Waals surface area contributed by atoms with Gasteiger partial charge in [0.25, 0.3) is 5.91 Å². The van der Waals surface area contributed by atoms with E-state index in [2.05, 4.69) is 17.3 Å². The smallest absolute Gasteiger partial charge is 0.352 e. The van der Waals surface area contributed by atoms with Gasteiger partial charge in [0.15, 0.2) is 0 Å². The lowest BCUT2D eigenvalue weighted by Gasteiger charge is -2.38. The van der Waals surface area contributed by atoms with Gasteiger partial charge in [0, 0.05) is 25.2 Å². The molecule has 1 aliphatic heterocycles. The highest BCUT2D eigenvalue weighted by Crippen LogP contribution is 2.46. The van der Waals surface area contributed by atoms with Crippen molar-refractivity contribution in [2.45, 2.75) is 38.3 Å². The van der Waals surface area contributed by atoms with Crippen molar-refractivity contribution >= 4 is 5.91 Å². The molecule has 1 saturated heterocycles. The maximum atomic E-state index is 12.6. The van der Waals surface area contributed by atoms with Crippen LogP contribution in [0, 0.1) is 11.3 Å². The van der Waals surface area contributed by atoms with Crippen molar-refractivity contribution in [1.29, 1.82) is 0 Å². The minimum atomic E-state index is -4.38. The molecule has 1 aromatic carbocycles. The zero-order valence-corrected chi connectivity index (χ0v) is 14.5. The summed E-state index contributed by atoms with van der Waals surface area (Å²) in [4.78, 5) is 14.6. The molecule has 1 unspecified atom stereocenters. The van der Waals surface area contributed by atoms with Gasteiger partial charge in [0.2, 0.25) is 0 Å². The van der Waals surface area contributed by atoms with Crippen molar-refractivity contribution in [3.63, 3.8) is 0 Å². The Morgan fingerprint density at radius 3 is 2.44 bits per heavy atom. The molecular formula is C19H25F3N2O. The normalized spacial score (nSPS) is 23.8. The van der Waals surface area contributed by atoms with Crippen molar-refractivity contribution in [2.24, 2.45) is 11.3 Å². The molecular weight excluding hydrogens is 329 g/mol. The van der Waals surface area contributed by atoms with E-state index in [-0.39, 0.29) is 11.5 Å². The van der Waals surface area contributed by atoms with E-state index >= 15 is 0 Å². The van der Waals surface area contributed by atoms with Crippen LogP contribution in [0.4, 0.5) is 13.2 Å². The van der Waals surface area contributed by atoms with Crippen LogP contribution in [-0.4, -0.2) is 37.5 Å². The second-order valence-corrected chi connectivity index (χ2v) is 7.60. The molecule has 0 bridgehead atoms. The molecule has 1 aliphatic carbocycles. The number of likely N-dealkylation sites (tertiary alicyclic amines) is 1. The number of rotatable bonds is 3. The number of nitrogens with one attached hydrogen (secondary N) is 1. The van der Waals surface area contributed by atoms with Crippen molar-refractivity contribution in [3.05, 3.63) is 35.4 Å². The Labute approximate surface area is 146 Å². The van der Waals surface area contributed by atoms with Crippen LogP contribution in [0.25, 0.3) is 0 Å². The summed E-state index contributed by atoms with van der Waals surface area (Å²) >= 11 is 0. The van der Waals surface area contributed by atoms with E-state index in [4.69, 9.17) is 0 Å². The van der Waals surface area contributed by atoms with Gasteiger partial charge in [-0.1, -0.05) is 19.3 Å². The summed E-state index contributed by atoms with van der Waals surface area (Å²) in [7, 11) is 2.12. The highest BCUT2D eigenvalue weighted by atomic mass is 19.4. The van der Waals surface area contributed by atoms with Gasteiger partial charge in [-0.3, -0.25) is 4.79 Å². The minimum absolute atomic E-state index is 0.275. The summed E-state index contributed by atoms with van der Waals surface area (Å²) in [5, 5.41) is 2.94. The fraction of sp³-hybridized carbons (Fsp3) is 0.632. The van der Waals surface area contributed by atoms with Crippen molar-refractivity contribution in [1.82, 2.24) is 10.2 Å². The molecule has 6 heteroatoms. The molecule has 0 radical (unpaired) electrons. The molecule has 25 heavy (non-hydrogen) atoms. The van der Waals surface area contributed by atoms with E-state index in [1.807, 2.05) is 0 Å². The molecule has 1 atom stereocenters. The molecule has 1 spiro atoms. The van der Waals surface area contributed by atoms with Gasteiger partial charge in [0.05, 0.1) is 5.56 Å². The summed E-state index contributed by atoms with van der Waals surface area (Å²) in [6.07, 6.45) is 1.82. The molecule has 1 aromatic rings. The highest BCUT2D eigenvalue weighted by Gasteiger charge is 2.45. The number of amides is 1. The Hall–Kier alpha value is -1.56. The zero-order chi connectivity index (χ0) is 18.1. The first kappa shape index (κ1) is 18.2. The lowest BCUT2D eigenvalue weighted by Crippen LogP contribution is -2.40. The average Bonchev–Trinajstić information content (AvgIpc) is 2.87. The third kappa shape index (κ3) is 4.00. The van der Waals surface area contributed by atoms with Crippen LogP contribution in [0.5, 0.6) is 0 Å². The van der Waals surface area contributed by atoms with E-state index < -0.39 is 11.7 Å². The quantitative estimate of drug-likeness (QED) is 0.891. The van der Waals surface area contributed by atoms with Crippen LogP contribution in [0.1, 0.15) is 48.0 Å². The van der Waals surface area contributed by atoms with Gasteiger partial charge in [-0.2, -0.15) is 13.2 Å². The van der Waals surface area contributed by atoms with Crippen LogP contribution < -0.4 is 5.32 Å². The first-order chi connectivity index (χ1) is 11.8. The third-order valence-corrected chi connectivity index (χ3v) is 5.82. The molecule has 1 heterocycles. The molecule has 1 amide bonds. The summed E-state index contributed by atoms with van der Waals surface area (Å²) in [5.74, 6) is 0.116. The van der Waals surface area contributed by atoms with Crippen molar-refractivity contribution in [2.75, 3.05) is 26.7 Å². The molecule has 2 fully saturated rings. The number of benzene rings is 1. The summed E-state index contributed by atoms with van der Waals surface area (Å²) < 4.78 is 37.8. The van der Waals surface area contributed by atoms with E-state index in [0.29, 0.717) is 17.9 Å². The van der Waals surface area contributed by atoms with Gasteiger partial charge in [-0.15, -0.1) is 0 Å². The van der Waals surface area contributed by atoms with Crippen LogP contribution in [-0.2, 0) is 6.18 Å². The topological polar surface area (TPSA) is 32.3 Å². The number of alkyl halides is 3. The molecule has 138 valence electrons. The summed E-state index contributed by atoms with van der Waals surface area (Å²) in [6.45, 7) is 2.63. The molecule has 3 rings (SSSR count). The molecule has 3 nitrogen and oxygen atoms in total. The van der Waals surface area contributed by atoms with E-state index in [1.165, 1.54) is 44.2 Å². The first-order valence-corrected chi connectivity index (χ1v) is 8.94.